The number of anilines is 1. The minimum atomic E-state index is 0.439. The van der Waals surface area contributed by atoms with Gasteiger partial charge in [-0.05, 0) is 62.9 Å². The minimum Gasteiger partial charge on any atom is -0.492 e. The Hall–Kier alpha value is -2.97. The fraction of sp³-hybridized carbons (Fsp3) is 0.423. The Bertz CT molecular complexity index is 1260. The van der Waals surface area contributed by atoms with Gasteiger partial charge in [-0.2, -0.15) is 5.10 Å². The Morgan fingerprint density at radius 2 is 1.97 bits per heavy atom. The number of thiophene rings is 1. The maximum Gasteiger partial charge on any atom is 0.138 e. The average Bonchev–Trinajstić information content (AvgIpc) is 3.40. The smallest absolute Gasteiger partial charge is 0.138 e. The number of aryl methyl sites for hydroxylation is 3. The van der Waals surface area contributed by atoms with E-state index in [1.54, 1.807) is 11.3 Å². The summed E-state index contributed by atoms with van der Waals surface area (Å²) in [5.41, 5.74) is 2.46. The normalized spacial score (nSPS) is 15.1. The van der Waals surface area contributed by atoms with Crippen LogP contribution >= 0.6 is 11.3 Å². The molecule has 4 aromatic rings. The number of fused-ring (bicyclic) bond motifs is 1. The number of rotatable bonds is 8. The van der Waals surface area contributed by atoms with Gasteiger partial charge in [0.05, 0.1) is 18.1 Å². The van der Waals surface area contributed by atoms with Crippen LogP contribution < -0.4 is 10.1 Å². The summed E-state index contributed by atoms with van der Waals surface area (Å²) in [7, 11) is 0. The second-order valence-corrected chi connectivity index (χ2v) is 10.4. The Labute approximate surface area is 204 Å². The van der Waals surface area contributed by atoms with E-state index in [1.165, 1.54) is 16.0 Å². The van der Waals surface area contributed by atoms with Gasteiger partial charge in [-0.25, -0.2) is 9.97 Å². The Morgan fingerprint density at radius 1 is 1.12 bits per heavy atom. The SMILES string of the molecule is Cc1cnn(CCOc2cccc(CN3CCC(Nc4nc(C)nc5sc(C)cc45)CC3)c2)c1. The number of aromatic nitrogens is 4. The Balaban J connectivity index is 1.12. The molecule has 0 bridgehead atoms. The van der Waals surface area contributed by atoms with Crippen molar-refractivity contribution in [3.63, 3.8) is 0 Å². The first-order valence-corrected chi connectivity index (χ1v) is 12.8. The average molecular weight is 477 g/mol. The fourth-order valence-corrected chi connectivity index (χ4v) is 5.45. The maximum absolute atomic E-state index is 5.98. The molecule has 0 unspecified atom stereocenters. The molecule has 7 nitrogen and oxygen atoms in total. The highest BCUT2D eigenvalue weighted by Gasteiger charge is 2.21. The molecule has 178 valence electrons. The van der Waals surface area contributed by atoms with Crippen molar-refractivity contribution in [3.8, 4) is 5.75 Å². The van der Waals surface area contributed by atoms with Crippen molar-refractivity contribution in [2.45, 2.75) is 52.7 Å². The summed E-state index contributed by atoms with van der Waals surface area (Å²) in [5, 5.41) is 9.17. The van der Waals surface area contributed by atoms with Crippen molar-refractivity contribution in [3.05, 3.63) is 64.6 Å². The number of hydrogen-bond acceptors (Lipinski definition) is 7. The van der Waals surface area contributed by atoms with Crippen LogP contribution in [-0.2, 0) is 13.1 Å². The van der Waals surface area contributed by atoms with E-state index >= 15 is 0 Å². The second-order valence-electron chi connectivity index (χ2n) is 9.17. The number of piperidine rings is 1. The van der Waals surface area contributed by atoms with Crippen molar-refractivity contribution in [1.82, 2.24) is 24.6 Å². The molecule has 1 aliphatic heterocycles. The molecular formula is C26H32N6OS. The molecule has 1 aromatic carbocycles. The van der Waals surface area contributed by atoms with Gasteiger partial charge in [-0.1, -0.05) is 12.1 Å². The molecule has 0 saturated carbocycles. The predicted molar refractivity (Wildman–Crippen MR) is 138 cm³/mol. The Kier molecular flexibility index (Phi) is 6.78. The summed E-state index contributed by atoms with van der Waals surface area (Å²) in [4.78, 5) is 14.2. The summed E-state index contributed by atoms with van der Waals surface area (Å²) >= 11 is 1.74. The van der Waals surface area contributed by atoms with E-state index in [2.05, 4.69) is 51.5 Å². The lowest BCUT2D eigenvalue weighted by Crippen LogP contribution is -2.38. The molecule has 8 heteroatoms. The lowest BCUT2D eigenvalue weighted by atomic mass is 10.0. The molecule has 3 aromatic heterocycles. The number of ether oxygens (including phenoxy) is 1. The van der Waals surface area contributed by atoms with E-state index in [4.69, 9.17) is 9.72 Å². The van der Waals surface area contributed by atoms with Gasteiger partial charge in [0.15, 0.2) is 0 Å². The number of hydrogen-bond donors (Lipinski definition) is 1. The summed E-state index contributed by atoms with van der Waals surface area (Å²) in [6.45, 7) is 10.6. The number of likely N-dealkylation sites (tertiary alicyclic amines) is 1. The molecule has 1 fully saturated rings. The lowest BCUT2D eigenvalue weighted by molar-refractivity contribution is 0.210. The highest BCUT2D eigenvalue weighted by Crippen LogP contribution is 2.30. The van der Waals surface area contributed by atoms with E-state index in [-0.39, 0.29) is 0 Å². The van der Waals surface area contributed by atoms with Gasteiger partial charge >= 0.3 is 0 Å². The molecular weight excluding hydrogens is 444 g/mol. The third kappa shape index (κ3) is 5.56. The molecule has 1 saturated heterocycles. The van der Waals surface area contributed by atoms with Crippen LogP contribution in [0.2, 0.25) is 0 Å². The van der Waals surface area contributed by atoms with Crippen LogP contribution in [0.3, 0.4) is 0 Å². The van der Waals surface area contributed by atoms with Crippen LogP contribution in [0, 0.1) is 20.8 Å². The van der Waals surface area contributed by atoms with Crippen LogP contribution in [0.25, 0.3) is 10.2 Å². The van der Waals surface area contributed by atoms with E-state index in [1.807, 2.05) is 37.0 Å². The van der Waals surface area contributed by atoms with Crippen LogP contribution in [0.5, 0.6) is 5.75 Å². The largest absolute Gasteiger partial charge is 0.492 e. The second kappa shape index (κ2) is 10.1. The van der Waals surface area contributed by atoms with Crippen LogP contribution in [0.15, 0.2) is 42.7 Å². The van der Waals surface area contributed by atoms with Gasteiger partial charge in [0.25, 0.3) is 0 Å². The molecule has 1 aliphatic rings. The molecule has 0 atom stereocenters. The predicted octanol–water partition coefficient (Wildman–Crippen LogP) is 4.97. The summed E-state index contributed by atoms with van der Waals surface area (Å²) in [6, 6.07) is 11.1. The summed E-state index contributed by atoms with van der Waals surface area (Å²) < 4.78 is 7.90. The van der Waals surface area contributed by atoms with Gasteiger partial charge in [0, 0.05) is 36.8 Å². The van der Waals surface area contributed by atoms with Crippen LogP contribution in [0.4, 0.5) is 5.82 Å². The minimum absolute atomic E-state index is 0.439. The van der Waals surface area contributed by atoms with Crippen molar-refractivity contribution < 1.29 is 4.74 Å². The zero-order chi connectivity index (χ0) is 23.5. The molecule has 0 spiro atoms. The standard InChI is InChI=1S/C26H32N6OS/c1-18-15-27-32(16-18)11-12-33-23-6-4-5-21(14-23)17-31-9-7-22(8-10-31)30-25-24-13-19(2)34-26(24)29-20(3)28-25/h4-6,13-16,22H,7-12,17H2,1-3H3,(H,28,29,30). The molecule has 0 radical (unpaired) electrons. The highest BCUT2D eigenvalue weighted by atomic mass is 32.1. The van der Waals surface area contributed by atoms with Crippen molar-refractivity contribution in [2.24, 2.45) is 0 Å². The molecule has 0 amide bonds. The lowest BCUT2D eigenvalue weighted by Gasteiger charge is -2.32. The van der Waals surface area contributed by atoms with Crippen molar-refractivity contribution >= 4 is 27.4 Å². The highest BCUT2D eigenvalue weighted by molar-refractivity contribution is 7.18. The number of nitrogens with zero attached hydrogens (tertiary/aromatic N) is 5. The summed E-state index contributed by atoms with van der Waals surface area (Å²) in [5.74, 6) is 2.74. The van der Waals surface area contributed by atoms with E-state index < -0.39 is 0 Å². The van der Waals surface area contributed by atoms with Crippen LogP contribution in [-0.4, -0.2) is 50.4 Å². The fourth-order valence-electron chi connectivity index (χ4n) is 4.53. The number of nitrogens with one attached hydrogen (secondary N) is 1. The van der Waals surface area contributed by atoms with Gasteiger partial charge in [-0.3, -0.25) is 9.58 Å². The first-order valence-electron chi connectivity index (χ1n) is 12.0. The monoisotopic (exact) mass is 476 g/mol. The van der Waals surface area contributed by atoms with Gasteiger partial charge in [-0.15, -0.1) is 11.3 Å². The van der Waals surface area contributed by atoms with Gasteiger partial charge < -0.3 is 10.1 Å². The molecule has 1 N–H and O–H groups in total. The molecule has 4 heterocycles. The third-order valence-corrected chi connectivity index (χ3v) is 7.16. The zero-order valence-electron chi connectivity index (χ0n) is 20.1. The quantitative estimate of drug-likeness (QED) is 0.387. The van der Waals surface area contributed by atoms with Gasteiger partial charge in [0.2, 0.25) is 0 Å². The van der Waals surface area contributed by atoms with E-state index in [0.717, 1.165) is 66.6 Å². The maximum atomic E-state index is 5.98. The first kappa shape index (κ1) is 22.8. The molecule has 5 rings (SSSR count). The van der Waals surface area contributed by atoms with E-state index in [9.17, 15) is 0 Å². The van der Waals surface area contributed by atoms with Crippen molar-refractivity contribution in [1.29, 1.82) is 0 Å². The summed E-state index contributed by atoms with van der Waals surface area (Å²) in [6.07, 6.45) is 6.12. The van der Waals surface area contributed by atoms with Crippen molar-refractivity contribution in [2.75, 3.05) is 25.0 Å². The van der Waals surface area contributed by atoms with Gasteiger partial charge in [0.1, 0.15) is 28.8 Å². The third-order valence-electron chi connectivity index (χ3n) is 6.21. The van der Waals surface area contributed by atoms with E-state index in [0.29, 0.717) is 12.6 Å². The van der Waals surface area contributed by atoms with Crippen LogP contribution in [0.1, 0.15) is 34.7 Å². The zero-order valence-corrected chi connectivity index (χ0v) is 20.9. The Morgan fingerprint density at radius 3 is 2.76 bits per heavy atom. The first-order chi connectivity index (χ1) is 16.5. The molecule has 34 heavy (non-hydrogen) atoms. The topological polar surface area (TPSA) is 68.1 Å². The number of benzene rings is 1. The molecule has 0 aliphatic carbocycles.